The predicted octanol–water partition coefficient (Wildman–Crippen LogP) is 3.15. The van der Waals surface area contributed by atoms with Crippen molar-refractivity contribution in [1.29, 1.82) is 0 Å². The number of hydrogen-bond donors (Lipinski definition) is 2. The number of carbonyl (C=O) groups excluding carboxylic acids is 2. The highest BCUT2D eigenvalue weighted by Crippen LogP contribution is 2.12. The average molecular weight is 367 g/mol. The van der Waals surface area contributed by atoms with Gasteiger partial charge in [-0.15, -0.1) is 0 Å². The molecule has 0 saturated carbocycles. The van der Waals surface area contributed by atoms with Gasteiger partial charge in [0, 0.05) is 43.9 Å². The summed E-state index contributed by atoms with van der Waals surface area (Å²) in [7, 11) is 0. The van der Waals surface area contributed by atoms with E-state index in [0.29, 0.717) is 18.7 Å². The first-order valence-corrected chi connectivity index (χ1v) is 9.51. The minimum absolute atomic E-state index is 0.0395. The molecule has 0 spiro atoms. The first-order chi connectivity index (χ1) is 13.1. The number of hydrogen-bond acceptors (Lipinski definition) is 3. The Kier molecular flexibility index (Phi) is 8.36. The van der Waals surface area contributed by atoms with Crippen LogP contribution in [0.25, 0.3) is 0 Å². The zero-order valence-corrected chi connectivity index (χ0v) is 16.2. The molecule has 0 aliphatic rings. The van der Waals surface area contributed by atoms with Crippen molar-refractivity contribution in [2.45, 2.75) is 26.7 Å². The summed E-state index contributed by atoms with van der Waals surface area (Å²) in [6, 6.07) is 17.7. The summed E-state index contributed by atoms with van der Waals surface area (Å²) >= 11 is 0. The van der Waals surface area contributed by atoms with Gasteiger partial charge in [0.25, 0.3) is 5.91 Å². The fourth-order valence-corrected chi connectivity index (χ4v) is 2.87. The van der Waals surface area contributed by atoms with Gasteiger partial charge in [0.2, 0.25) is 5.91 Å². The number of anilines is 1. The van der Waals surface area contributed by atoms with Gasteiger partial charge in [-0.2, -0.15) is 0 Å². The Morgan fingerprint density at radius 3 is 2.44 bits per heavy atom. The number of aryl methyl sites for hydroxylation is 1. The Bertz CT molecular complexity index is 731. The minimum Gasteiger partial charge on any atom is -0.372 e. The summed E-state index contributed by atoms with van der Waals surface area (Å²) in [6.45, 7) is 6.87. The lowest BCUT2D eigenvalue weighted by Crippen LogP contribution is -2.33. The van der Waals surface area contributed by atoms with E-state index in [1.165, 1.54) is 5.69 Å². The third-order valence-electron chi connectivity index (χ3n) is 4.35. The summed E-state index contributed by atoms with van der Waals surface area (Å²) in [4.78, 5) is 26.2. The van der Waals surface area contributed by atoms with Gasteiger partial charge in [0.05, 0.1) is 0 Å². The lowest BCUT2D eigenvalue weighted by Gasteiger charge is -2.23. The molecule has 2 aromatic rings. The lowest BCUT2D eigenvalue weighted by atomic mass is 10.1. The molecular weight excluding hydrogens is 338 g/mol. The van der Waals surface area contributed by atoms with Gasteiger partial charge in [0.15, 0.2) is 0 Å². The van der Waals surface area contributed by atoms with Crippen molar-refractivity contribution in [3.05, 3.63) is 65.7 Å². The van der Waals surface area contributed by atoms with E-state index in [1.807, 2.05) is 43.3 Å². The van der Waals surface area contributed by atoms with Crippen LogP contribution < -0.4 is 15.5 Å². The van der Waals surface area contributed by atoms with Crippen LogP contribution >= 0.6 is 0 Å². The van der Waals surface area contributed by atoms with Gasteiger partial charge < -0.3 is 15.5 Å². The van der Waals surface area contributed by atoms with Crippen molar-refractivity contribution in [2.75, 3.05) is 31.1 Å². The van der Waals surface area contributed by atoms with Crippen LogP contribution in [0.15, 0.2) is 54.6 Å². The predicted molar refractivity (Wildman–Crippen MR) is 110 cm³/mol. The second-order valence-corrected chi connectivity index (χ2v) is 6.49. The molecular formula is C22H29N3O2. The Morgan fingerprint density at radius 2 is 1.74 bits per heavy atom. The van der Waals surface area contributed by atoms with Crippen molar-refractivity contribution in [2.24, 2.45) is 0 Å². The van der Waals surface area contributed by atoms with Gasteiger partial charge in [0.1, 0.15) is 0 Å². The van der Waals surface area contributed by atoms with Crippen LogP contribution in [-0.4, -0.2) is 38.0 Å². The third kappa shape index (κ3) is 7.13. The Balaban J connectivity index is 1.61. The summed E-state index contributed by atoms with van der Waals surface area (Å²) in [5, 5.41) is 5.71. The molecule has 5 nitrogen and oxygen atoms in total. The van der Waals surface area contributed by atoms with Gasteiger partial charge >= 0.3 is 0 Å². The SMILES string of the molecule is CCN(CCCNC(=O)CCNC(=O)c1cccc(C)c1)c1ccccc1. The zero-order chi connectivity index (χ0) is 19.5. The van der Waals surface area contributed by atoms with E-state index in [-0.39, 0.29) is 18.2 Å². The van der Waals surface area contributed by atoms with Crippen LogP contribution in [0.5, 0.6) is 0 Å². The summed E-state index contributed by atoms with van der Waals surface area (Å²) in [5.74, 6) is -0.185. The van der Waals surface area contributed by atoms with Crippen LogP contribution in [0.4, 0.5) is 5.69 Å². The van der Waals surface area contributed by atoms with Gasteiger partial charge in [-0.25, -0.2) is 0 Å². The standard InChI is InChI=1S/C22H29N3O2/c1-3-25(20-11-5-4-6-12-20)16-8-14-23-21(26)13-15-24-22(27)19-10-7-9-18(2)17-19/h4-7,9-12,17H,3,8,13-16H2,1-2H3,(H,23,26)(H,24,27). The number of benzene rings is 2. The molecule has 0 aliphatic carbocycles. The first kappa shape index (κ1) is 20.5. The molecule has 27 heavy (non-hydrogen) atoms. The van der Waals surface area contributed by atoms with Crippen molar-refractivity contribution >= 4 is 17.5 Å². The van der Waals surface area contributed by atoms with Crippen LogP contribution in [0, 0.1) is 6.92 Å². The molecule has 2 rings (SSSR count). The molecule has 2 N–H and O–H groups in total. The summed E-state index contributed by atoms with van der Waals surface area (Å²) in [6.07, 6.45) is 1.16. The fourth-order valence-electron chi connectivity index (χ4n) is 2.87. The average Bonchev–Trinajstić information content (AvgIpc) is 2.68. The molecule has 5 heteroatoms. The second kappa shape index (κ2) is 11.0. The topological polar surface area (TPSA) is 61.4 Å². The maximum atomic E-state index is 12.0. The molecule has 0 saturated heterocycles. The van der Waals surface area contributed by atoms with Crippen molar-refractivity contribution < 1.29 is 9.59 Å². The van der Waals surface area contributed by atoms with E-state index >= 15 is 0 Å². The largest absolute Gasteiger partial charge is 0.372 e. The Morgan fingerprint density at radius 1 is 0.963 bits per heavy atom. The lowest BCUT2D eigenvalue weighted by molar-refractivity contribution is -0.120. The van der Waals surface area contributed by atoms with Crippen LogP contribution in [0.3, 0.4) is 0 Å². The Hall–Kier alpha value is -2.82. The summed E-state index contributed by atoms with van der Waals surface area (Å²) < 4.78 is 0. The number of nitrogens with zero attached hydrogens (tertiary/aromatic N) is 1. The maximum absolute atomic E-state index is 12.0. The molecule has 0 unspecified atom stereocenters. The van der Waals surface area contributed by atoms with E-state index in [9.17, 15) is 9.59 Å². The van der Waals surface area contributed by atoms with E-state index in [1.54, 1.807) is 6.07 Å². The second-order valence-electron chi connectivity index (χ2n) is 6.49. The number of amides is 2. The molecule has 0 radical (unpaired) electrons. The number of rotatable bonds is 10. The van der Waals surface area contributed by atoms with Gasteiger partial charge in [-0.05, 0) is 44.5 Å². The van der Waals surface area contributed by atoms with E-state index in [0.717, 1.165) is 25.1 Å². The molecule has 144 valence electrons. The molecule has 0 heterocycles. The van der Waals surface area contributed by atoms with Crippen LogP contribution in [-0.2, 0) is 4.79 Å². The molecule has 0 fully saturated rings. The zero-order valence-electron chi connectivity index (χ0n) is 16.2. The van der Waals surface area contributed by atoms with Crippen molar-refractivity contribution in [3.63, 3.8) is 0 Å². The maximum Gasteiger partial charge on any atom is 0.251 e. The highest BCUT2D eigenvalue weighted by atomic mass is 16.2. The highest BCUT2D eigenvalue weighted by molar-refractivity contribution is 5.94. The van der Waals surface area contributed by atoms with Crippen molar-refractivity contribution in [1.82, 2.24) is 10.6 Å². The van der Waals surface area contributed by atoms with E-state index < -0.39 is 0 Å². The molecule has 2 aromatic carbocycles. The van der Waals surface area contributed by atoms with Gasteiger partial charge in [-0.1, -0.05) is 35.9 Å². The summed E-state index contributed by atoms with van der Waals surface area (Å²) in [5.41, 5.74) is 2.86. The minimum atomic E-state index is -0.145. The van der Waals surface area contributed by atoms with Crippen molar-refractivity contribution in [3.8, 4) is 0 Å². The Labute approximate surface area is 161 Å². The third-order valence-corrected chi connectivity index (χ3v) is 4.35. The highest BCUT2D eigenvalue weighted by Gasteiger charge is 2.07. The molecule has 0 aliphatic heterocycles. The van der Waals surface area contributed by atoms with E-state index in [4.69, 9.17) is 0 Å². The van der Waals surface area contributed by atoms with Crippen LogP contribution in [0.1, 0.15) is 35.7 Å². The number of para-hydroxylation sites is 1. The fraction of sp³-hybridized carbons (Fsp3) is 0.364. The molecule has 2 amide bonds. The van der Waals surface area contributed by atoms with Gasteiger partial charge in [-0.3, -0.25) is 9.59 Å². The normalized spacial score (nSPS) is 10.3. The molecule has 0 bridgehead atoms. The van der Waals surface area contributed by atoms with Crippen LogP contribution in [0.2, 0.25) is 0 Å². The quantitative estimate of drug-likeness (QED) is 0.634. The first-order valence-electron chi connectivity index (χ1n) is 9.51. The monoisotopic (exact) mass is 367 g/mol. The molecule has 0 atom stereocenters. The number of nitrogens with one attached hydrogen (secondary N) is 2. The number of carbonyl (C=O) groups is 2. The van der Waals surface area contributed by atoms with E-state index in [2.05, 4.69) is 34.6 Å². The smallest absolute Gasteiger partial charge is 0.251 e. The molecule has 0 aromatic heterocycles.